The molecule has 0 aromatic heterocycles. The lowest BCUT2D eigenvalue weighted by atomic mass is 10.9. The Bertz CT molecular complexity index is 263. The molecule has 0 aliphatic heterocycles. The summed E-state index contributed by atoms with van der Waals surface area (Å²) < 4.78 is 0. The summed E-state index contributed by atoms with van der Waals surface area (Å²) in [5.74, 6) is -5.00. The maximum Gasteiger partial charge on any atom is 0.300 e. The molecule has 0 radical (unpaired) electrons. The number of carboxylic acid groups (broad SMARTS) is 6. The van der Waals surface area contributed by atoms with Gasteiger partial charge in [0.25, 0.3) is 35.8 Å². The van der Waals surface area contributed by atoms with Crippen LogP contribution in [0.25, 0.3) is 0 Å². The molecule has 0 unspecified atom stereocenters. The number of hydrogen-bond acceptors (Lipinski definition) is 6. The van der Waals surface area contributed by atoms with Crippen molar-refractivity contribution in [2.24, 2.45) is 0 Å². The third kappa shape index (κ3) is 1670. The van der Waals surface area contributed by atoms with Crippen LogP contribution in [-0.4, -0.2) is 121 Å². The summed E-state index contributed by atoms with van der Waals surface area (Å²) in [5.41, 5.74) is 0. The quantitative estimate of drug-likeness (QED) is 0.167. The van der Waals surface area contributed by atoms with Crippen molar-refractivity contribution in [2.45, 2.75) is 41.5 Å². The van der Waals surface area contributed by atoms with E-state index in [4.69, 9.17) is 59.4 Å². The molecule has 0 aliphatic carbocycles. The first kappa shape index (κ1) is 127. The van der Waals surface area contributed by atoms with E-state index in [1.807, 2.05) is 0 Å². The fourth-order valence-electron chi connectivity index (χ4n) is 0. The molecule has 22 nitrogen and oxygen atoms in total. The zero-order valence-electron chi connectivity index (χ0n) is 19.1. The van der Waals surface area contributed by atoms with Crippen molar-refractivity contribution in [1.82, 2.24) is 0 Å². The van der Waals surface area contributed by atoms with Crippen LogP contribution in [0.2, 0.25) is 0 Å². The van der Waals surface area contributed by atoms with Gasteiger partial charge in [-0.1, -0.05) is 0 Å². The molecule has 0 heterocycles. The Kier molecular flexibility index (Phi) is 426. The Morgan fingerprint density at radius 1 is 0.265 bits per heavy atom. The predicted molar refractivity (Wildman–Crippen MR) is 116 cm³/mol. The Balaban J connectivity index is -0.00000000771. The first-order valence-electron chi connectivity index (χ1n) is 5.57. The molecule has 0 aromatic carbocycles. The summed E-state index contributed by atoms with van der Waals surface area (Å²) >= 11 is 0. The van der Waals surface area contributed by atoms with Crippen molar-refractivity contribution in [2.75, 3.05) is 0 Å². The van der Waals surface area contributed by atoms with Crippen LogP contribution in [0.3, 0.4) is 0 Å². The van der Waals surface area contributed by atoms with Crippen LogP contribution in [0, 0.1) is 0 Å². The van der Waals surface area contributed by atoms with Gasteiger partial charge in [-0.25, -0.2) is 0 Å². The number of aliphatic carboxylic acids is 6. The minimum Gasteiger partial charge on any atom is -0.481 e. The molecule has 0 saturated heterocycles. The fourth-order valence-corrected chi connectivity index (χ4v) is 0. The average Bonchev–Trinajstić information content (AvgIpc) is 2.08. The molecule has 0 amide bonds. The van der Waals surface area contributed by atoms with Crippen molar-refractivity contribution in [3.63, 3.8) is 0 Å². The second kappa shape index (κ2) is 114. The monoisotopic (exact) mass is 540 g/mol. The van der Waals surface area contributed by atoms with Gasteiger partial charge in [-0.15, -0.1) is 0 Å². The molecule has 0 aromatic rings. The van der Waals surface area contributed by atoms with E-state index in [9.17, 15) is 0 Å². The molecule has 0 aliphatic rings. The number of rotatable bonds is 0. The summed E-state index contributed by atoms with van der Waals surface area (Å²) in [4.78, 5) is 54.0. The molecule has 0 saturated carbocycles. The zero-order chi connectivity index (χ0) is 21.5. The van der Waals surface area contributed by atoms with Crippen LogP contribution in [0.15, 0.2) is 0 Å². The molecule has 224 valence electrons. The zero-order valence-corrected chi connectivity index (χ0v) is 19.1. The first-order valence-corrected chi connectivity index (χ1v) is 5.57. The second-order valence-electron chi connectivity index (χ2n) is 3.11. The highest BCUT2D eigenvalue weighted by molar-refractivity contribution is 5.64. The fraction of sp³-hybridized carbons (Fsp3) is 0.500. The summed E-state index contributed by atoms with van der Waals surface area (Å²) in [6.45, 7) is 6.50. The lowest BCUT2D eigenvalue weighted by Gasteiger charge is -1.59. The molecule has 0 bridgehead atoms. The molecular weight excluding hydrogens is 496 g/mol. The van der Waals surface area contributed by atoms with Gasteiger partial charge in [0.15, 0.2) is 0 Å². The topological polar surface area (TPSA) is 539 Å². The Morgan fingerprint density at radius 2 is 0.265 bits per heavy atom. The normalized spacial score (nSPS) is 4.41. The molecule has 0 fully saturated rings. The van der Waals surface area contributed by atoms with Gasteiger partial charge < -0.3 is 85.4 Å². The van der Waals surface area contributed by atoms with Crippen molar-refractivity contribution < 1.29 is 114 Å². The van der Waals surface area contributed by atoms with Crippen LogP contribution >= 0.6 is 0 Å². The van der Waals surface area contributed by atoms with E-state index in [0.717, 1.165) is 41.5 Å². The summed E-state index contributed by atoms with van der Waals surface area (Å²) in [6, 6.07) is 0. The predicted octanol–water partition coefficient (Wildman–Crippen LogP) is -7.70. The van der Waals surface area contributed by atoms with E-state index < -0.39 is 35.8 Å². The SMILES string of the molecule is CC(=O)O.CC(=O)O.CC(=O)O.CC(=O)O.CC(=O)O.CC(=O)O.O.O.O.O.O.O.O.O.O.O. The van der Waals surface area contributed by atoms with Crippen molar-refractivity contribution in [3.05, 3.63) is 0 Å². The van der Waals surface area contributed by atoms with Crippen molar-refractivity contribution >= 4 is 35.8 Å². The van der Waals surface area contributed by atoms with Crippen molar-refractivity contribution in [1.29, 1.82) is 0 Å². The van der Waals surface area contributed by atoms with E-state index in [2.05, 4.69) is 0 Å². The van der Waals surface area contributed by atoms with Gasteiger partial charge in [-0.05, 0) is 0 Å². The third-order valence-electron chi connectivity index (χ3n) is 0. The van der Waals surface area contributed by atoms with Crippen molar-refractivity contribution in [3.8, 4) is 0 Å². The van der Waals surface area contributed by atoms with Gasteiger partial charge in [-0.3, -0.25) is 28.8 Å². The molecule has 22 heteroatoms. The number of hydrogen-bond donors (Lipinski definition) is 6. The van der Waals surface area contributed by atoms with E-state index in [1.165, 1.54) is 0 Å². The van der Waals surface area contributed by atoms with Gasteiger partial charge in [0.2, 0.25) is 0 Å². The second-order valence-corrected chi connectivity index (χ2v) is 3.11. The van der Waals surface area contributed by atoms with Gasteiger partial charge in [0, 0.05) is 41.5 Å². The summed E-state index contributed by atoms with van der Waals surface area (Å²) in [6.07, 6.45) is 0. The molecule has 0 atom stereocenters. The lowest BCUT2D eigenvalue weighted by molar-refractivity contribution is -0.135. The Morgan fingerprint density at radius 3 is 0.265 bits per heavy atom. The summed E-state index contributed by atoms with van der Waals surface area (Å²) in [7, 11) is 0. The van der Waals surface area contributed by atoms with Gasteiger partial charge in [-0.2, -0.15) is 0 Å². The maximum absolute atomic E-state index is 9.00. The highest BCUT2D eigenvalue weighted by Crippen LogP contribution is 1.43. The largest absolute Gasteiger partial charge is 0.481 e. The van der Waals surface area contributed by atoms with Crippen LogP contribution < -0.4 is 0 Å². The minimum absolute atomic E-state index is 0. The van der Waals surface area contributed by atoms with E-state index in [0.29, 0.717) is 0 Å². The standard InChI is InChI=1S/6C2H4O2.10H2O/c6*1-2(3)4;;;;;;;;;;/h6*1H3,(H,3,4);10*1H2. The van der Waals surface area contributed by atoms with Crippen LogP contribution in [0.1, 0.15) is 41.5 Å². The lowest BCUT2D eigenvalue weighted by Crippen LogP contribution is -1.78. The highest BCUT2D eigenvalue weighted by Gasteiger charge is 1.67. The van der Waals surface area contributed by atoms with Crippen LogP contribution in [0.4, 0.5) is 0 Å². The number of carbonyl (C=O) groups is 6. The van der Waals surface area contributed by atoms with Crippen LogP contribution in [-0.2, 0) is 28.8 Å². The molecular formula is C12H44O22. The molecule has 0 spiro atoms. The number of carboxylic acids is 6. The molecule has 34 heavy (non-hydrogen) atoms. The van der Waals surface area contributed by atoms with E-state index in [1.54, 1.807) is 0 Å². The summed E-state index contributed by atoms with van der Waals surface area (Å²) in [5, 5.41) is 44.5. The highest BCUT2D eigenvalue weighted by atomic mass is 16.4. The van der Waals surface area contributed by atoms with Gasteiger partial charge >= 0.3 is 0 Å². The Labute approximate surface area is 192 Å². The minimum atomic E-state index is -0.833. The smallest absolute Gasteiger partial charge is 0.300 e. The molecule has 26 N–H and O–H groups in total. The third-order valence-corrected chi connectivity index (χ3v) is 0. The maximum atomic E-state index is 9.00. The first-order chi connectivity index (χ1) is 10.4. The van der Waals surface area contributed by atoms with E-state index >= 15 is 0 Å². The Hall–Kier alpha value is -3.58. The molecule has 0 rings (SSSR count). The van der Waals surface area contributed by atoms with Crippen LogP contribution in [0.5, 0.6) is 0 Å². The van der Waals surface area contributed by atoms with Gasteiger partial charge in [0.05, 0.1) is 0 Å². The van der Waals surface area contributed by atoms with E-state index in [-0.39, 0.29) is 54.8 Å². The average molecular weight is 540 g/mol. The van der Waals surface area contributed by atoms with Gasteiger partial charge in [0.1, 0.15) is 0 Å².